The molecule has 1 aliphatic heterocycles. The van der Waals surface area contributed by atoms with Crippen LogP contribution in [0, 0.1) is 0 Å². The van der Waals surface area contributed by atoms with Gasteiger partial charge in [0.25, 0.3) is 0 Å². The normalized spacial score (nSPS) is 22.6. The van der Waals surface area contributed by atoms with E-state index in [4.69, 9.17) is 9.47 Å². The van der Waals surface area contributed by atoms with Crippen LogP contribution in [0.15, 0.2) is 60.7 Å². The van der Waals surface area contributed by atoms with Crippen LogP contribution in [-0.2, 0) is 20.9 Å². The summed E-state index contributed by atoms with van der Waals surface area (Å²) in [6.45, 7) is 6.99. The third-order valence-electron chi connectivity index (χ3n) is 4.71. The summed E-state index contributed by atoms with van der Waals surface area (Å²) < 4.78 is 11.8. The van der Waals surface area contributed by atoms with Gasteiger partial charge < -0.3 is 14.8 Å². The number of carbonyl (C=O) groups excluding carboxylic acids is 1. The lowest BCUT2D eigenvalue weighted by Gasteiger charge is -2.26. The molecular formula is C23H29NO3. The first-order valence-electron chi connectivity index (χ1n) is 9.58. The van der Waals surface area contributed by atoms with Crippen LogP contribution in [0.3, 0.4) is 0 Å². The highest BCUT2D eigenvalue weighted by Gasteiger charge is 2.39. The van der Waals surface area contributed by atoms with E-state index < -0.39 is 5.60 Å². The van der Waals surface area contributed by atoms with Gasteiger partial charge in [0.15, 0.2) is 0 Å². The molecule has 1 N–H and O–H groups in total. The van der Waals surface area contributed by atoms with Crippen molar-refractivity contribution in [2.24, 2.45) is 0 Å². The number of ether oxygens (including phenoxy) is 2. The van der Waals surface area contributed by atoms with Gasteiger partial charge in [-0.25, -0.2) is 0 Å². The molecule has 1 saturated heterocycles. The zero-order valence-electron chi connectivity index (χ0n) is 16.4. The zero-order valence-corrected chi connectivity index (χ0v) is 16.4. The maximum absolute atomic E-state index is 12.4. The maximum atomic E-state index is 12.4. The van der Waals surface area contributed by atoms with E-state index in [0.717, 1.165) is 12.1 Å². The average molecular weight is 367 g/mol. The quantitative estimate of drug-likeness (QED) is 0.782. The summed E-state index contributed by atoms with van der Waals surface area (Å²) >= 11 is 0. The third-order valence-corrected chi connectivity index (χ3v) is 4.71. The molecule has 0 aliphatic carbocycles. The van der Waals surface area contributed by atoms with Crippen molar-refractivity contribution >= 4 is 5.97 Å². The Balaban J connectivity index is 1.72. The Bertz CT molecular complexity index is 724. The van der Waals surface area contributed by atoms with Crippen LogP contribution in [0.4, 0.5) is 0 Å². The molecule has 0 bridgehead atoms. The Morgan fingerprint density at radius 3 is 2.30 bits per heavy atom. The lowest BCUT2D eigenvalue weighted by molar-refractivity contribution is -0.156. The summed E-state index contributed by atoms with van der Waals surface area (Å²) in [5, 5.41) is 3.48. The van der Waals surface area contributed by atoms with Gasteiger partial charge in [0.1, 0.15) is 5.60 Å². The van der Waals surface area contributed by atoms with Gasteiger partial charge in [-0.3, -0.25) is 4.79 Å². The van der Waals surface area contributed by atoms with Gasteiger partial charge in [-0.2, -0.15) is 0 Å². The van der Waals surface area contributed by atoms with E-state index in [-0.39, 0.29) is 24.0 Å². The second-order valence-corrected chi connectivity index (χ2v) is 8.08. The van der Waals surface area contributed by atoms with Gasteiger partial charge in [0, 0.05) is 18.5 Å². The lowest BCUT2D eigenvalue weighted by atomic mass is 9.92. The molecular weight excluding hydrogens is 338 g/mol. The van der Waals surface area contributed by atoms with E-state index in [1.807, 2.05) is 57.2 Å². The molecule has 0 spiro atoms. The van der Waals surface area contributed by atoms with E-state index in [0.29, 0.717) is 13.0 Å². The van der Waals surface area contributed by atoms with Gasteiger partial charge >= 0.3 is 5.97 Å². The van der Waals surface area contributed by atoms with E-state index in [2.05, 4.69) is 29.6 Å². The molecule has 4 nitrogen and oxygen atoms in total. The molecule has 3 rings (SSSR count). The minimum Gasteiger partial charge on any atom is -0.460 e. The Morgan fingerprint density at radius 1 is 1.04 bits per heavy atom. The molecule has 0 amide bonds. The Kier molecular flexibility index (Phi) is 6.30. The van der Waals surface area contributed by atoms with Crippen LogP contribution >= 0.6 is 0 Å². The molecule has 0 saturated carbocycles. The molecule has 2 unspecified atom stereocenters. The predicted molar refractivity (Wildman–Crippen MR) is 106 cm³/mol. The van der Waals surface area contributed by atoms with Crippen molar-refractivity contribution in [3.63, 3.8) is 0 Å². The van der Waals surface area contributed by atoms with E-state index in [1.54, 1.807) is 0 Å². The number of benzene rings is 2. The topological polar surface area (TPSA) is 47.6 Å². The fourth-order valence-corrected chi connectivity index (χ4v) is 3.55. The zero-order chi connectivity index (χ0) is 19.3. The largest absolute Gasteiger partial charge is 0.460 e. The highest BCUT2D eigenvalue weighted by Crippen LogP contribution is 2.31. The molecule has 1 aliphatic rings. The van der Waals surface area contributed by atoms with Crippen molar-refractivity contribution in [2.45, 2.75) is 57.5 Å². The second kappa shape index (κ2) is 8.68. The molecule has 27 heavy (non-hydrogen) atoms. The molecule has 3 atom stereocenters. The molecule has 2 aromatic rings. The highest BCUT2D eigenvalue weighted by atomic mass is 16.6. The van der Waals surface area contributed by atoms with E-state index in [9.17, 15) is 4.79 Å². The van der Waals surface area contributed by atoms with Crippen molar-refractivity contribution in [1.82, 2.24) is 5.32 Å². The van der Waals surface area contributed by atoms with Crippen LogP contribution < -0.4 is 5.32 Å². The fraction of sp³-hybridized carbons (Fsp3) is 0.435. The van der Waals surface area contributed by atoms with Crippen molar-refractivity contribution in [3.8, 4) is 0 Å². The molecule has 2 aromatic carbocycles. The summed E-state index contributed by atoms with van der Waals surface area (Å²) in [6.07, 6.45) is 0.222. The maximum Gasteiger partial charge on any atom is 0.307 e. The van der Waals surface area contributed by atoms with Gasteiger partial charge in [-0.05, 0) is 31.9 Å². The smallest absolute Gasteiger partial charge is 0.307 e. The van der Waals surface area contributed by atoms with Gasteiger partial charge in [-0.15, -0.1) is 0 Å². The summed E-state index contributed by atoms with van der Waals surface area (Å²) in [6, 6.07) is 20.4. The molecule has 1 heterocycles. The number of esters is 1. The van der Waals surface area contributed by atoms with Crippen LogP contribution in [0.5, 0.6) is 0 Å². The lowest BCUT2D eigenvalue weighted by Crippen LogP contribution is -2.37. The average Bonchev–Trinajstić information content (AvgIpc) is 3.02. The summed E-state index contributed by atoms with van der Waals surface area (Å²) in [5.74, 6) is 0.0179. The van der Waals surface area contributed by atoms with Crippen molar-refractivity contribution in [3.05, 3.63) is 71.8 Å². The molecule has 0 aromatic heterocycles. The third kappa shape index (κ3) is 5.65. The molecule has 144 valence electrons. The van der Waals surface area contributed by atoms with Crippen LogP contribution in [0.1, 0.15) is 44.2 Å². The first-order valence-corrected chi connectivity index (χ1v) is 9.58. The fourth-order valence-electron chi connectivity index (χ4n) is 3.55. The highest BCUT2D eigenvalue weighted by molar-refractivity contribution is 5.70. The van der Waals surface area contributed by atoms with Gasteiger partial charge in [0.2, 0.25) is 0 Å². The number of hydrogen-bond acceptors (Lipinski definition) is 4. The van der Waals surface area contributed by atoms with Gasteiger partial charge in [-0.1, -0.05) is 60.7 Å². The summed E-state index contributed by atoms with van der Waals surface area (Å²) in [4.78, 5) is 12.4. The number of carbonyl (C=O) groups is 1. The summed E-state index contributed by atoms with van der Waals surface area (Å²) in [5.41, 5.74) is 1.89. The van der Waals surface area contributed by atoms with Crippen molar-refractivity contribution in [1.29, 1.82) is 0 Å². The minimum absolute atomic E-state index is 0.0613. The van der Waals surface area contributed by atoms with Gasteiger partial charge in [0.05, 0.1) is 19.1 Å². The molecule has 1 fully saturated rings. The minimum atomic E-state index is -0.477. The molecule has 4 heteroatoms. The first-order chi connectivity index (χ1) is 12.9. The van der Waals surface area contributed by atoms with E-state index >= 15 is 0 Å². The number of nitrogens with one attached hydrogen (secondary N) is 1. The second-order valence-electron chi connectivity index (χ2n) is 8.08. The Labute approximate surface area is 161 Å². The van der Waals surface area contributed by atoms with E-state index in [1.165, 1.54) is 5.56 Å². The summed E-state index contributed by atoms with van der Waals surface area (Å²) in [7, 11) is 0. The Hall–Kier alpha value is -2.17. The first kappa shape index (κ1) is 19.6. The van der Waals surface area contributed by atoms with Crippen molar-refractivity contribution in [2.75, 3.05) is 6.54 Å². The molecule has 0 radical (unpaired) electrons. The number of rotatable bonds is 6. The van der Waals surface area contributed by atoms with Crippen LogP contribution in [-0.4, -0.2) is 30.3 Å². The monoisotopic (exact) mass is 367 g/mol. The Morgan fingerprint density at radius 2 is 1.67 bits per heavy atom. The predicted octanol–water partition coefficient (Wildman–Crippen LogP) is 4.06. The van der Waals surface area contributed by atoms with Crippen LogP contribution in [0.2, 0.25) is 0 Å². The number of hydrogen-bond donors (Lipinski definition) is 1. The SMILES string of the molecule is CC(C)(C)OC(=O)C[C@H]1NCC(c2ccccc2)C1OCc1ccccc1. The van der Waals surface area contributed by atoms with Crippen LogP contribution in [0.25, 0.3) is 0 Å². The van der Waals surface area contributed by atoms with Crippen molar-refractivity contribution < 1.29 is 14.3 Å². The standard InChI is InChI=1S/C23H29NO3/c1-23(2,3)27-21(25)14-20-22(26-16-17-10-6-4-7-11-17)19(15-24-20)18-12-8-5-9-13-18/h4-13,19-20,22,24H,14-16H2,1-3H3/t19?,20-,22?/m1/s1.